The minimum atomic E-state index is -0.227. The van der Waals surface area contributed by atoms with Gasteiger partial charge >= 0.3 is 0 Å². The van der Waals surface area contributed by atoms with Crippen LogP contribution in [0.5, 0.6) is 0 Å². The summed E-state index contributed by atoms with van der Waals surface area (Å²) in [5, 5.41) is 11.8. The molecule has 19 heavy (non-hydrogen) atoms. The third kappa shape index (κ3) is 3.33. The first kappa shape index (κ1) is 13.6. The monoisotopic (exact) mass is 258 g/mol. The van der Waals surface area contributed by atoms with E-state index in [9.17, 15) is 4.79 Å². The highest BCUT2D eigenvalue weighted by Gasteiger charge is 2.25. The fourth-order valence-corrected chi connectivity index (χ4v) is 2.43. The molecule has 0 saturated heterocycles. The number of aromatic nitrogens is 1. The van der Waals surface area contributed by atoms with Crippen LogP contribution in [0.2, 0.25) is 0 Å². The molecule has 1 aliphatic rings. The molecule has 2 rings (SSSR count). The van der Waals surface area contributed by atoms with Crippen molar-refractivity contribution in [2.75, 3.05) is 6.61 Å². The van der Waals surface area contributed by atoms with Gasteiger partial charge in [-0.25, -0.2) is 0 Å². The van der Waals surface area contributed by atoms with E-state index in [2.05, 4.69) is 29.1 Å². The summed E-state index contributed by atoms with van der Waals surface area (Å²) in [6.07, 6.45) is 6.50. The van der Waals surface area contributed by atoms with Gasteiger partial charge in [0.1, 0.15) is 6.61 Å². The van der Waals surface area contributed by atoms with Crippen molar-refractivity contribution in [1.82, 2.24) is 10.3 Å². The van der Waals surface area contributed by atoms with E-state index in [1.54, 1.807) is 18.5 Å². The van der Waals surface area contributed by atoms with Crippen LogP contribution in [-0.4, -0.2) is 28.6 Å². The molecule has 1 fully saturated rings. The fourth-order valence-electron chi connectivity index (χ4n) is 2.43. The second-order valence-electron chi connectivity index (χ2n) is 4.87. The number of rotatable bonds is 2. The molecule has 1 amide bonds. The lowest BCUT2D eigenvalue weighted by molar-refractivity contribution is 0.0929. The van der Waals surface area contributed by atoms with Crippen molar-refractivity contribution in [3.05, 3.63) is 29.6 Å². The quantitative estimate of drug-likeness (QED) is 0.787. The Morgan fingerprint density at radius 3 is 3.11 bits per heavy atom. The minimum Gasteiger partial charge on any atom is -0.384 e. The summed E-state index contributed by atoms with van der Waals surface area (Å²) in [5.74, 6) is 5.72. The van der Waals surface area contributed by atoms with Crippen LogP contribution in [0, 0.1) is 17.8 Å². The van der Waals surface area contributed by atoms with E-state index in [4.69, 9.17) is 5.11 Å². The summed E-state index contributed by atoms with van der Waals surface area (Å²) in [4.78, 5) is 16.2. The maximum atomic E-state index is 12.3. The fraction of sp³-hybridized carbons (Fsp3) is 0.467. The summed E-state index contributed by atoms with van der Waals surface area (Å²) in [5.41, 5.74) is 1.08. The molecular formula is C15H18N2O2. The van der Waals surface area contributed by atoms with E-state index in [-0.39, 0.29) is 18.6 Å². The van der Waals surface area contributed by atoms with Gasteiger partial charge in [0.25, 0.3) is 5.91 Å². The Morgan fingerprint density at radius 2 is 2.42 bits per heavy atom. The van der Waals surface area contributed by atoms with Gasteiger partial charge in [-0.2, -0.15) is 0 Å². The molecule has 2 N–H and O–H groups in total. The van der Waals surface area contributed by atoms with Gasteiger partial charge in [-0.1, -0.05) is 25.2 Å². The Balaban J connectivity index is 2.14. The van der Waals surface area contributed by atoms with Crippen molar-refractivity contribution >= 4 is 5.91 Å². The predicted octanol–water partition coefficient (Wildman–Crippen LogP) is 1.34. The van der Waals surface area contributed by atoms with Gasteiger partial charge in [0.15, 0.2) is 0 Å². The Labute approximate surface area is 113 Å². The summed E-state index contributed by atoms with van der Waals surface area (Å²) in [6.45, 7) is 1.94. The number of carbonyl (C=O) groups is 1. The summed E-state index contributed by atoms with van der Waals surface area (Å²) >= 11 is 0. The zero-order valence-electron chi connectivity index (χ0n) is 11.0. The van der Waals surface area contributed by atoms with Crippen molar-refractivity contribution in [2.24, 2.45) is 5.92 Å². The topological polar surface area (TPSA) is 62.2 Å². The van der Waals surface area contributed by atoms with Crippen molar-refractivity contribution in [3.63, 3.8) is 0 Å². The van der Waals surface area contributed by atoms with E-state index in [0.717, 1.165) is 6.42 Å². The first-order valence-electron chi connectivity index (χ1n) is 6.57. The third-order valence-corrected chi connectivity index (χ3v) is 3.55. The van der Waals surface area contributed by atoms with Gasteiger partial charge in [-0.15, -0.1) is 0 Å². The van der Waals surface area contributed by atoms with Gasteiger partial charge in [-0.3, -0.25) is 9.78 Å². The Hall–Kier alpha value is -1.86. The normalized spacial score (nSPS) is 21.6. The number of nitrogens with zero attached hydrogens (tertiary/aromatic N) is 1. The molecule has 100 valence electrons. The number of hydrogen-bond donors (Lipinski definition) is 2. The first-order valence-corrected chi connectivity index (χ1v) is 6.57. The lowest BCUT2D eigenvalue weighted by Crippen LogP contribution is -2.36. The number of aliphatic hydroxyl groups excluding tert-OH is 1. The number of amides is 1. The standard InChI is InChI=1S/C15H18N2O2/c1-11-4-2-6-14(11)17-15(19)13-7-8-16-10-12(13)5-3-9-18/h7-8,10-11,14,18H,2,4,6,9H2,1H3,(H,17,19). The second kappa shape index (κ2) is 6.35. The average Bonchev–Trinajstić information content (AvgIpc) is 2.82. The van der Waals surface area contributed by atoms with E-state index in [1.807, 2.05) is 0 Å². The van der Waals surface area contributed by atoms with E-state index >= 15 is 0 Å². The summed E-state index contributed by atoms with van der Waals surface area (Å²) < 4.78 is 0. The van der Waals surface area contributed by atoms with Crippen LogP contribution >= 0.6 is 0 Å². The maximum Gasteiger partial charge on any atom is 0.252 e. The van der Waals surface area contributed by atoms with Crippen LogP contribution in [0.25, 0.3) is 0 Å². The number of pyridine rings is 1. The number of hydrogen-bond acceptors (Lipinski definition) is 3. The molecule has 1 saturated carbocycles. The van der Waals surface area contributed by atoms with Gasteiger partial charge < -0.3 is 10.4 Å². The highest BCUT2D eigenvalue weighted by molar-refractivity contribution is 5.96. The summed E-state index contributed by atoms with van der Waals surface area (Å²) in [7, 11) is 0. The van der Waals surface area contributed by atoms with Gasteiger partial charge in [0.2, 0.25) is 0 Å². The first-order chi connectivity index (χ1) is 9.22. The highest BCUT2D eigenvalue weighted by atomic mass is 16.2. The Kier molecular flexibility index (Phi) is 4.53. The highest BCUT2D eigenvalue weighted by Crippen LogP contribution is 2.25. The minimum absolute atomic E-state index is 0.108. The molecule has 0 bridgehead atoms. The molecule has 2 unspecified atom stereocenters. The van der Waals surface area contributed by atoms with Gasteiger partial charge in [-0.05, 0) is 24.8 Å². The number of carbonyl (C=O) groups excluding carboxylic acids is 1. The largest absolute Gasteiger partial charge is 0.384 e. The van der Waals surface area contributed by atoms with Crippen molar-refractivity contribution in [3.8, 4) is 11.8 Å². The molecular weight excluding hydrogens is 240 g/mol. The molecule has 1 aliphatic carbocycles. The molecule has 1 aromatic rings. The van der Waals surface area contributed by atoms with Crippen LogP contribution in [0.15, 0.2) is 18.5 Å². The molecule has 0 radical (unpaired) electrons. The van der Waals surface area contributed by atoms with Crippen molar-refractivity contribution < 1.29 is 9.90 Å². The van der Waals surface area contributed by atoms with Crippen molar-refractivity contribution in [2.45, 2.75) is 32.2 Å². The molecule has 0 aromatic carbocycles. The zero-order valence-corrected chi connectivity index (χ0v) is 11.0. The van der Waals surface area contributed by atoms with E-state index < -0.39 is 0 Å². The maximum absolute atomic E-state index is 12.3. The SMILES string of the molecule is CC1CCCC1NC(=O)c1ccncc1C#CCO. The predicted molar refractivity (Wildman–Crippen MR) is 72.5 cm³/mol. The average molecular weight is 258 g/mol. The van der Waals surface area contributed by atoms with E-state index in [1.165, 1.54) is 12.8 Å². The summed E-state index contributed by atoms with van der Waals surface area (Å²) in [6, 6.07) is 1.91. The molecule has 2 atom stereocenters. The molecule has 0 spiro atoms. The Bertz CT molecular complexity index is 516. The molecule has 4 heteroatoms. The third-order valence-electron chi connectivity index (χ3n) is 3.55. The second-order valence-corrected chi connectivity index (χ2v) is 4.87. The lowest BCUT2D eigenvalue weighted by Gasteiger charge is -2.17. The molecule has 1 heterocycles. The molecule has 1 aromatic heterocycles. The lowest BCUT2D eigenvalue weighted by atomic mass is 10.0. The van der Waals surface area contributed by atoms with Gasteiger partial charge in [0, 0.05) is 18.4 Å². The van der Waals surface area contributed by atoms with Crippen LogP contribution in [-0.2, 0) is 0 Å². The Morgan fingerprint density at radius 1 is 1.58 bits per heavy atom. The number of nitrogens with one attached hydrogen (secondary N) is 1. The van der Waals surface area contributed by atoms with Crippen LogP contribution < -0.4 is 5.32 Å². The smallest absolute Gasteiger partial charge is 0.252 e. The van der Waals surface area contributed by atoms with Crippen molar-refractivity contribution in [1.29, 1.82) is 0 Å². The molecule has 0 aliphatic heterocycles. The van der Waals surface area contributed by atoms with Crippen LogP contribution in [0.1, 0.15) is 42.1 Å². The van der Waals surface area contributed by atoms with E-state index in [0.29, 0.717) is 17.0 Å². The number of aliphatic hydroxyl groups is 1. The van der Waals surface area contributed by atoms with Crippen LogP contribution in [0.4, 0.5) is 0 Å². The van der Waals surface area contributed by atoms with Gasteiger partial charge in [0.05, 0.1) is 11.1 Å². The van der Waals surface area contributed by atoms with Crippen LogP contribution in [0.3, 0.4) is 0 Å². The zero-order chi connectivity index (χ0) is 13.7. The molecule has 4 nitrogen and oxygen atoms in total.